The monoisotopic (exact) mass is 313 g/mol. The summed E-state index contributed by atoms with van der Waals surface area (Å²) in [6.07, 6.45) is 11.0. The van der Waals surface area contributed by atoms with Gasteiger partial charge in [0.1, 0.15) is 0 Å². The van der Waals surface area contributed by atoms with E-state index in [2.05, 4.69) is 40.9 Å². The summed E-state index contributed by atoms with van der Waals surface area (Å²) in [5.74, 6) is 2.96. The van der Waals surface area contributed by atoms with Crippen LogP contribution in [0.3, 0.4) is 0 Å². The number of ether oxygens (including phenoxy) is 1. The first-order valence-corrected chi connectivity index (χ1v) is 8.72. The predicted octanol–water partition coefficient (Wildman–Crippen LogP) is 3.36. The molecule has 4 bridgehead atoms. The van der Waals surface area contributed by atoms with Gasteiger partial charge in [-0.3, -0.25) is 0 Å². The van der Waals surface area contributed by atoms with Crippen molar-refractivity contribution in [3.8, 4) is 0 Å². The molecule has 2 nitrogen and oxygen atoms in total. The van der Waals surface area contributed by atoms with E-state index >= 15 is 0 Å². The molecule has 4 aliphatic carbocycles. The van der Waals surface area contributed by atoms with Crippen molar-refractivity contribution in [2.75, 3.05) is 20.7 Å². The maximum absolute atomic E-state index is 5.64. The Morgan fingerprint density at radius 2 is 1.65 bits per heavy atom. The van der Waals surface area contributed by atoms with Crippen LogP contribution >= 0.6 is 0 Å². The molecule has 112 valence electrons. The standard InChI is InChI=1S/C17H27NO.Cr/c1-4-19-6-5-16(18(2)3)17-10-13-7-14(11-17)9-15(8-13)12-17;/h5,13-15H,4,7-12H2,1-3H3;/b16-5-;. The number of hydrogen-bond acceptors (Lipinski definition) is 2. The van der Waals surface area contributed by atoms with E-state index in [0.717, 1.165) is 28.9 Å². The van der Waals surface area contributed by atoms with Crippen molar-refractivity contribution < 1.29 is 20.6 Å². The predicted molar refractivity (Wildman–Crippen MR) is 79.0 cm³/mol. The summed E-state index contributed by atoms with van der Waals surface area (Å²) in [4.78, 5) is 2.34. The van der Waals surface area contributed by atoms with E-state index in [9.17, 15) is 0 Å². The van der Waals surface area contributed by atoms with Crippen LogP contribution in [0.1, 0.15) is 45.4 Å². The molecule has 0 radical (unpaired) electrons. The van der Waals surface area contributed by atoms with Crippen molar-refractivity contribution in [2.24, 2.45) is 23.2 Å². The third-order valence-electron chi connectivity index (χ3n) is 5.60. The van der Waals surface area contributed by atoms with Gasteiger partial charge in [0.2, 0.25) is 0 Å². The zero-order valence-corrected chi connectivity index (χ0v) is 14.3. The van der Waals surface area contributed by atoms with E-state index in [1.165, 1.54) is 44.2 Å². The molecule has 0 amide bonds. The van der Waals surface area contributed by atoms with Crippen molar-refractivity contribution in [1.82, 2.24) is 4.90 Å². The van der Waals surface area contributed by atoms with Gasteiger partial charge in [-0.25, -0.2) is 0 Å². The molecule has 0 atom stereocenters. The Morgan fingerprint density at radius 1 is 1.15 bits per heavy atom. The van der Waals surface area contributed by atoms with Gasteiger partial charge in [-0.15, -0.1) is 0 Å². The van der Waals surface area contributed by atoms with Gasteiger partial charge in [-0.1, -0.05) is 0 Å². The van der Waals surface area contributed by atoms with Crippen LogP contribution in [0.25, 0.3) is 0 Å². The van der Waals surface area contributed by atoms with E-state index < -0.39 is 0 Å². The molecule has 0 aromatic heterocycles. The van der Waals surface area contributed by atoms with Crippen LogP contribution in [0.15, 0.2) is 11.8 Å². The molecule has 0 aliphatic heterocycles. The fraction of sp³-hybridized carbons (Fsp3) is 0.824. The Hall–Kier alpha value is -0.0975. The van der Waals surface area contributed by atoms with Crippen LogP contribution in [0.5, 0.6) is 0 Å². The van der Waals surface area contributed by atoms with Gasteiger partial charge in [0.15, 0.2) is 0 Å². The number of hydrogen-bond donors (Lipinski definition) is 0. The third kappa shape index (κ3) is 2.65. The van der Waals surface area contributed by atoms with E-state index in [1.54, 1.807) is 0 Å². The van der Waals surface area contributed by atoms with Gasteiger partial charge in [0.25, 0.3) is 0 Å². The van der Waals surface area contributed by atoms with Crippen molar-refractivity contribution in [3.63, 3.8) is 0 Å². The van der Waals surface area contributed by atoms with Crippen molar-refractivity contribution in [2.45, 2.75) is 45.4 Å². The average Bonchev–Trinajstić information content (AvgIpc) is 2.34. The van der Waals surface area contributed by atoms with Crippen LogP contribution in [-0.2, 0) is 20.6 Å². The first-order chi connectivity index (χ1) is 9.52. The molecule has 4 fully saturated rings. The van der Waals surface area contributed by atoms with Crippen LogP contribution in [0, 0.1) is 23.2 Å². The Bertz CT molecular complexity index is 391. The maximum atomic E-state index is 5.64. The van der Waals surface area contributed by atoms with E-state index in [4.69, 9.17) is 4.74 Å². The minimum atomic E-state index is 0.435. The Labute approximate surface area is 131 Å². The molecule has 4 aliphatic rings. The van der Waals surface area contributed by atoms with Gasteiger partial charge in [0, 0.05) is 0 Å². The summed E-state index contributed by atoms with van der Waals surface area (Å²) in [7, 11) is 4.40. The normalized spacial score (nSPS) is 39.1. The molecule has 4 saturated carbocycles. The first kappa shape index (κ1) is 14.8. The molecule has 3 heteroatoms. The van der Waals surface area contributed by atoms with Crippen molar-refractivity contribution in [1.29, 1.82) is 0 Å². The molecular weight excluding hydrogens is 286 g/mol. The summed E-state index contributed by atoms with van der Waals surface area (Å²) < 4.78 is 6.59. The Kier molecular flexibility index (Phi) is 4.15. The quantitative estimate of drug-likeness (QED) is 0.772. The van der Waals surface area contributed by atoms with Gasteiger partial charge in [0.05, 0.1) is 0 Å². The molecule has 0 N–H and O–H groups in total. The molecule has 4 rings (SSSR count). The summed E-state index contributed by atoms with van der Waals surface area (Å²) in [5, 5.41) is 0. The average molecular weight is 313 g/mol. The minimum absolute atomic E-state index is 0.435. The molecular formula is C17H27CrNO. The van der Waals surface area contributed by atoms with Gasteiger partial charge in [-0.2, -0.15) is 0 Å². The van der Waals surface area contributed by atoms with Crippen molar-refractivity contribution in [3.05, 3.63) is 11.8 Å². The second kappa shape index (κ2) is 5.60. The fourth-order valence-corrected chi connectivity index (χ4v) is 5.83. The van der Waals surface area contributed by atoms with E-state index in [1.807, 2.05) is 6.92 Å². The van der Waals surface area contributed by atoms with Crippen LogP contribution in [-0.4, -0.2) is 30.2 Å². The van der Waals surface area contributed by atoms with Crippen LogP contribution in [0.2, 0.25) is 0 Å². The zero-order chi connectivity index (χ0) is 14.3. The molecule has 0 saturated heterocycles. The van der Waals surface area contributed by atoms with E-state index in [-0.39, 0.29) is 0 Å². The van der Waals surface area contributed by atoms with Crippen LogP contribution in [0.4, 0.5) is 0 Å². The fourth-order valence-electron chi connectivity index (χ4n) is 5.48. The first-order valence-electron chi connectivity index (χ1n) is 8.08. The topological polar surface area (TPSA) is 12.5 Å². The number of allylic oxidation sites excluding steroid dienone is 1. The molecule has 0 spiro atoms. The van der Waals surface area contributed by atoms with Gasteiger partial charge >= 0.3 is 131 Å². The van der Waals surface area contributed by atoms with Crippen LogP contribution < -0.4 is 0 Å². The molecule has 20 heavy (non-hydrogen) atoms. The Morgan fingerprint density at radius 3 is 2.05 bits per heavy atom. The second-order valence-electron chi connectivity index (χ2n) is 7.37. The number of rotatable bonds is 5. The van der Waals surface area contributed by atoms with Crippen molar-refractivity contribution >= 4 is 4.57 Å². The molecule has 0 aromatic rings. The zero-order valence-electron chi connectivity index (χ0n) is 13.0. The summed E-state index contributed by atoms with van der Waals surface area (Å²) >= 11 is 3.09. The third-order valence-corrected chi connectivity index (χ3v) is 5.97. The Balaban J connectivity index is 1.89. The SMILES string of the molecule is CCO[C](=[Cr])/C=C(\N(C)C)C12CC3CC(CC(C3)C1)C2. The molecule has 0 unspecified atom stereocenters. The van der Waals surface area contributed by atoms with Gasteiger partial charge in [-0.05, 0) is 0 Å². The van der Waals surface area contributed by atoms with E-state index in [0.29, 0.717) is 5.41 Å². The molecule has 0 heterocycles. The summed E-state index contributed by atoms with van der Waals surface area (Å²) in [6, 6.07) is 0. The van der Waals surface area contributed by atoms with Gasteiger partial charge < -0.3 is 0 Å². The summed E-state index contributed by atoms with van der Waals surface area (Å²) in [6.45, 7) is 2.78. The summed E-state index contributed by atoms with van der Waals surface area (Å²) in [5.41, 5.74) is 1.93. The second-order valence-corrected chi connectivity index (χ2v) is 8.00. The molecule has 0 aromatic carbocycles. The number of nitrogens with zero attached hydrogens (tertiary/aromatic N) is 1.